The number of nitrogens with zero attached hydrogens (tertiary/aromatic N) is 1. The molecule has 0 unspecified atom stereocenters. The van der Waals surface area contributed by atoms with Crippen molar-refractivity contribution in [2.75, 3.05) is 13.2 Å². The first-order valence-electron chi connectivity index (χ1n) is 12.9. The lowest BCUT2D eigenvalue weighted by atomic mass is 9.84. The van der Waals surface area contributed by atoms with E-state index >= 15 is 0 Å². The lowest BCUT2D eigenvalue weighted by Gasteiger charge is -2.40. The lowest BCUT2D eigenvalue weighted by molar-refractivity contribution is -0.150. The molecule has 1 heterocycles. The van der Waals surface area contributed by atoms with Crippen LogP contribution in [0.5, 0.6) is 0 Å². The number of benzene rings is 2. The molecule has 0 N–H and O–H groups in total. The van der Waals surface area contributed by atoms with Gasteiger partial charge in [-0.2, -0.15) is 0 Å². The molecule has 1 aliphatic heterocycles. The maximum Gasteiger partial charge on any atom is 0.313 e. The van der Waals surface area contributed by atoms with Crippen molar-refractivity contribution in [1.82, 2.24) is 4.90 Å². The van der Waals surface area contributed by atoms with Gasteiger partial charge in [-0.15, -0.1) is 0 Å². The highest BCUT2D eigenvalue weighted by Gasteiger charge is 2.42. The van der Waals surface area contributed by atoms with Crippen molar-refractivity contribution in [3.63, 3.8) is 0 Å². The summed E-state index contributed by atoms with van der Waals surface area (Å²) >= 11 is 0. The Hall–Kier alpha value is -2.70. The van der Waals surface area contributed by atoms with Gasteiger partial charge in [0.1, 0.15) is 0 Å². The average Bonchev–Trinajstić information content (AvgIpc) is 2.88. The van der Waals surface area contributed by atoms with Gasteiger partial charge >= 0.3 is 5.97 Å². The van der Waals surface area contributed by atoms with Gasteiger partial charge in [0, 0.05) is 13.1 Å². The van der Waals surface area contributed by atoms with Crippen LogP contribution in [0, 0.1) is 5.92 Å². The van der Waals surface area contributed by atoms with E-state index in [0.717, 1.165) is 11.1 Å². The molecule has 0 spiro atoms. The van der Waals surface area contributed by atoms with Gasteiger partial charge in [0.2, 0.25) is 5.91 Å². The smallest absolute Gasteiger partial charge is 0.313 e. The third-order valence-electron chi connectivity index (χ3n) is 7.30. The number of carbonyl (C=O) groups is 2. The molecule has 0 radical (unpaired) electrons. The molecule has 3 rings (SSSR count). The summed E-state index contributed by atoms with van der Waals surface area (Å²) in [5, 5.41) is 0.0451. The molecule has 1 aliphatic rings. The molecule has 36 heavy (non-hydrogen) atoms. The van der Waals surface area contributed by atoms with Crippen LogP contribution in [0.2, 0.25) is 18.1 Å². The topological polar surface area (TPSA) is 55.8 Å². The summed E-state index contributed by atoms with van der Waals surface area (Å²) in [4.78, 5) is 29.3. The number of ether oxygens (including phenoxy) is 1. The fraction of sp³-hybridized carbons (Fsp3) is 0.467. The van der Waals surface area contributed by atoms with Crippen molar-refractivity contribution >= 4 is 20.2 Å². The van der Waals surface area contributed by atoms with Crippen molar-refractivity contribution in [2.24, 2.45) is 5.92 Å². The van der Waals surface area contributed by atoms with Gasteiger partial charge in [0.25, 0.3) is 0 Å². The molecule has 194 valence electrons. The highest BCUT2D eigenvalue weighted by atomic mass is 28.4. The first-order valence-corrected chi connectivity index (χ1v) is 15.8. The van der Waals surface area contributed by atoms with Crippen molar-refractivity contribution in [2.45, 2.75) is 70.8 Å². The maximum atomic E-state index is 14.3. The zero-order valence-corrected chi connectivity index (χ0v) is 23.6. The van der Waals surface area contributed by atoms with Gasteiger partial charge in [-0.1, -0.05) is 93.6 Å². The van der Waals surface area contributed by atoms with Gasteiger partial charge in [0.15, 0.2) is 8.32 Å². The molecule has 0 aromatic heterocycles. The minimum absolute atomic E-state index is 0.0451. The number of esters is 1. The molecule has 0 saturated carbocycles. The second-order valence-corrected chi connectivity index (χ2v) is 15.8. The van der Waals surface area contributed by atoms with E-state index < -0.39 is 20.2 Å². The van der Waals surface area contributed by atoms with Crippen molar-refractivity contribution in [3.05, 3.63) is 83.9 Å². The molecule has 0 aliphatic carbocycles. The molecule has 0 fully saturated rings. The van der Waals surface area contributed by atoms with E-state index in [9.17, 15) is 9.59 Å². The molecular formula is C30H41NO4Si. The van der Waals surface area contributed by atoms with E-state index in [2.05, 4.69) is 33.9 Å². The SMILES string of the molecule is CCOC(=O)[C@H]1/C=C/C[C@@H](O[Si](C)(C)C(C)(C)C)CN(Cc2ccccc2)C(=O)[C@@H]1c1ccccc1. The largest absolute Gasteiger partial charge is 0.466 e. The number of rotatable bonds is 7. The van der Waals surface area contributed by atoms with E-state index in [1.54, 1.807) is 6.92 Å². The second-order valence-electron chi connectivity index (χ2n) is 11.0. The van der Waals surface area contributed by atoms with E-state index in [-0.39, 0.29) is 29.6 Å². The Bertz CT molecular complexity index is 1030. The van der Waals surface area contributed by atoms with Gasteiger partial charge in [-0.25, -0.2) is 0 Å². The van der Waals surface area contributed by atoms with Crippen LogP contribution in [0.15, 0.2) is 72.8 Å². The van der Waals surface area contributed by atoms with Crippen LogP contribution in [0.25, 0.3) is 0 Å². The normalized spacial score (nSPS) is 22.3. The van der Waals surface area contributed by atoms with Gasteiger partial charge in [-0.05, 0) is 42.6 Å². The van der Waals surface area contributed by atoms with Crippen LogP contribution in [-0.2, 0) is 25.3 Å². The third kappa shape index (κ3) is 6.95. The quantitative estimate of drug-likeness (QED) is 0.250. The van der Waals surface area contributed by atoms with E-state index in [1.807, 2.05) is 77.7 Å². The number of hydrogen-bond acceptors (Lipinski definition) is 4. The Morgan fingerprint density at radius 3 is 2.22 bits per heavy atom. The van der Waals surface area contributed by atoms with Crippen LogP contribution in [0.4, 0.5) is 0 Å². The third-order valence-corrected chi connectivity index (χ3v) is 11.8. The highest BCUT2D eigenvalue weighted by Crippen LogP contribution is 2.38. The Morgan fingerprint density at radius 1 is 1.03 bits per heavy atom. The molecule has 6 heteroatoms. The second kappa shape index (κ2) is 12.0. The summed E-state index contributed by atoms with van der Waals surface area (Å²) in [6, 6.07) is 19.6. The van der Waals surface area contributed by atoms with Crippen LogP contribution in [0.1, 0.15) is 51.2 Å². The highest BCUT2D eigenvalue weighted by molar-refractivity contribution is 6.74. The molecule has 2 aromatic carbocycles. The summed E-state index contributed by atoms with van der Waals surface area (Å²) in [5.41, 5.74) is 1.86. The summed E-state index contributed by atoms with van der Waals surface area (Å²) in [6.07, 6.45) is 4.34. The minimum atomic E-state index is -2.09. The number of amides is 1. The fourth-order valence-electron chi connectivity index (χ4n) is 4.34. The van der Waals surface area contributed by atoms with Crippen LogP contribution >= 0.6 is 0 Å². The Balaban J connectivity index is 2.06. The summed E-state index contributed by atoms with van der Waals surface area (Å²) in [5.74, 6) is -1.83. The molecule has 0 saturated heterocycles. The van der Waals surface area contributed by atoms with Gasteiger partial charge in [0.05, 0.1) is 24.5 Å². The molecular weight excluding hydrogens is 466 g/mol. The zero-order valence-electron chi connectivity index (χ0n) is 22.6. The minimum Gasteiger partial charge on any atom is -0.466 e. The van der Waals surface area contributed by atoms with Gasteiger partial charge in [-0.3, -0.25) is 9.59 Å². The Kier molecular flexibility index (Phi) is 9.31. The first-order chi connectivity index (χ1) is 17.0. The van der Waals surface area contributed by atoms with Crippen molar-refractivity contribution < 1.29 is 18.8 Å². The van der Waals surface area contributed by atoms with Crippen LogP contribution in [-0.4, -0.2) is 44.3 Å². The van der Waals surface area contributed by atoms with E-state index in [1.165, 1.54) is 0 Å². The summed E-state index contributed by atoms with van der Waals surface area (Å²) < 4.78 is 12.3. The standard InChI is InChI=1S/C30H41NO4Si/c1-7-34-29(33)26-20-14-19-25(35-36(5,6)30(2,3)4)22-31(21-23-15-10-8-11-16-23)28(32)27(26)24-17-12-9-13-18-24/h8-18,20,25-27H,7,19,21-22H2,1-6H3/b20-14+/t25-,26+,27-/m1/s1. The molecule has 5 nitrogen and oxygen atoms in total. The van der Waals surface area contributed by atoms with Crippen LogP contribution in [0.3, 0.4) is 0 Å². The van der Waals surface area contributed by atoms with E-state index in [0.29, 0.717) is 19.5 Å². The van der Waals surface area contributed by atoms with Crippen molar-refractivity contribution in [1.29, 1.82) is 0 Å². The predicted octanol–water partition coefficient (Wildman–Crippen LogP) is 6.33. The van der Waals surface area contributed by atoms with Crippen LogP contribution < -0.4 is 0 Å². The zero-order chi connectivity index (χ0) is 26.3. The molecule has 3 atom stereocenters. The van der Waals surface area contributed by atoms with E-state index in [4.69, 9.17) is 9.16 Å². The average molecular weight is 508 g/mol. The number of carbonyl (C=O) groups excluding carboxylic acids is 2. The molecule has 2 aromatic rings. The lowest BCUT2D eigenvalue weighted by Crippen LogP contribution is -2.48. The van der Waals surface area contributed by atoms with Crippen molar-refractivity contribution in [3.8, 4) is 0 Å². The number of hydrogen-bond donors (Lipinski definition) is 0. The van der Waals surface area contributed by atoms with Gasteiger partial charge < -0.3 is 14.1 Å². The predicted molar refractivity (Wildman–Crippen MR) is 147 cm³/mol. The molecule has 0 bridgehead atoms. The monoisotopic (exact) mass is 507 g/mol. The summed E-state index contributed by atoms with van der Waals surface area (Å²) in [7, 11) is -2.09. The summed E-state index contributed by atoms with van der Waals surface area (Å²) in [6.45, 7) is 14.1. The fourth-order valence-corrected chi connectivity index (χ4v) is 5.69. The maximum absolute atomic E-state index is 14.3. The Morgan fingerprint density at radius 2 is 1.64 bits per heavy atom. The molecule has 1 amide bonds. The Labute approximate surface area is 217 Å². The first kappa shape index (κ1) is 27.9.